The minimum atomic E-state index is -1.01. The molecule has 246 valence electrons. The number of non-ortho nitro benzene ring substituents is 1. The van der Waals surface area contributed by atoms with Gasteiger partial charge in [-0.05, 0) is 55.0 Å². The van der Waals surface area contributed by atoms with Crippen LogP contribution in [0.3, 0.4) is 0 Å². The van der Waals surface area contributed by atoms with E-state index in [0.717, 1.165) is 0 Å². The molecule has 0 aliphatic heterocycles. The van der Waals surface area contributed by atoms with Crippen molar-refractivity contribution in [1.29, 1.82) is 0 Å². The largest absolute Gasteiger partial charge is 0.514 e. The molecule has 0 radical (unpaired) electrons. The molecule has 0 aliphatic rings. The molecule has 0 heterocycles. The first kappa shape index (κ1) is 36.7. The smallest absolute Gasteiger partial charge is 0.429 e. The van der Waals surface area contributed by atoms with E-state index in [1.165, 1.54) is 24.3 Å². The molecular formula is C32H39N5O9. The van der Waals surface area contributed by atoms with Gasteiger partial charge in [0.05, 0.1) is 11.0 Å². The predicted octanol–water partition coefficient (Wildman–Crippen LogP) is 4.22. The van der Waals surface area contributed by atoms with Gasteiger partial charge in [-0.25, -0.2) is 9.59 Å². The summed E-state index contributed by atoms with van der Waals surface area (Å²) in [5.41, 5.74) is 5.99. The third-order valence-electron chi connectivity index (χ3n) is 6.73. The number of nitrogens with zero attached hydrogens (tertiary/aromatic N) is 1. The molecule has 2 atom stereocenters. The average Bonchev–Trinajstić information content (AvgIpc) is 3.01. The number of rotatable bonds is 18. The molecule has 0 saturated heterocycles. The van der Waals surface area contributed by atoms with Crippen LogP contribution in [0.2, 0.25) is 0 Å². The summed E-state index contributed by atoms with van der Waals surface area (Å²) < 4.78 is 10.1. The van der Waals surface area contributed by atoms with Gasteiger partial charge >= 0.3 is 12.2 Å². The molecule has 0 spiro atoms. The highest BCUT2D eigenvalue weighted by Gasteiger charge is 2.29. The monoisotopic (exact) mass is 637 g/mol. The highest BCUT2D eigenvalue weighted by Crippen LogP contribution is 2.21. The number of amides is 4. The molecular weight excluding hydrogens is 598 g/mol. The van der Waals surface area contributed by atoms with Gasteiger partial charge in [-0.3, -0.25) is 24.5 Å². The normalized spacial score (nSPS) is 11.8. The average molecular weight is 638 g/mol. The number of terminal acetylenes is 1. The number of unbranched alkanes of at least 4 members (excludes halogenated alkanes) is 1. The van der Waals surface area contributed by atoms with Crippen molar-refractivity contribution >= 4 is 41.2 Å². The van der Waals surface area contributed by atoms with Gasteiger partial charge in [0.2, 0.25) is 11.8 Å². The maximum atomic E-state index is 13.3. The summed E-state index contributed by atoms with van der Waals surface area (Å²) in [6.45, 7) is 3.68. The third kappa shape index (κ3) is 13.5. The Morgan fingerprint density at radius 3 is 2.28 bits per heavy atom. The Hall–Kier alpha value is -5.45. The first-order valence-corrected chi connectivity index (χ1v) is 14.7. The molecule has 1 unspecified atom stereocenters. The second-order valence-corrected chi connectivity index (χ2v) is 10.7. The summed E-state index contributed by atoms with van der Waals surface area (Å²) >= 11 is 0. The van der Waals surface area contributed by atoms with E-state index in [0.29, 0.717) is 30.5 Å². The number of nitrogens with two attached hydrogens (primary N) is 1. The highest BCUT2D eigenvalue weighted by molar-refractivity contribution is 5.97. The second-order valence-electron chi connectivity index (χ2n) is 10.7. The van der Waals surface area contributed by atoms with Crippen molar-refractivity contribution in [2.75, 3.05) is 11.9 Å². The minimum absolute atomic E-state index is 0.0780. The Labute approximate surface area is 266 Å². The number of urea groups is 1. The lowest BCUT2D eigenvalue weighted by Crippen LogP contribution is -2.45. The highest BCUT2D eigenvalue weighted by atomic mass is 16.7. The SMILES string of the molecule is C#CCCCC(=O)NC(C(=O)C[C@@H](CCCNC(N)=O)C(=O)Nc1ccc(COC(=O)Oc2ccc([N+](=O)[O-])cc2)cc1)C(C)C. The van der Waals surface area contributed by atoms with Crippen molar-refractivity contribution in [3.8, 4) is 18.1 Å². The molecule has 2 aromatic carbocycles. The van der Waals surface area contributed by atoms with Crippen molar-refractivity contribution in [2.45, 2.75) is 65.0 Å². The lowest BCUT2D eigenvalue weighted by atomic mass is 9.89. The van der Waals surface area contributed by atoms with E-state index in [-0.39, 0.29) is 61.5 Å². The standard InChI is InChI=1S/C32H39N5O9/c1-4-5-6-9-28(39)36-29(21(2)3)27(38)19-23(8-7-18-34-31(33)41)30(40)35-24-12-10-22(11-13-24)20-45-32(42)46-26-16-14-25(15-17-26)37(43)44/h1,10-17,21,23,29H,5-9,18-20H2,2-3H3,(H,35,40)(H,36,39)(H3,33,34,41)/t23-,29?/m1/s1. The van der Waals surface area contributed by atoms with Gasteiger partial charge in [-0.1, -0.05) is 26.0 Å². The van der Waals surface area contributed by atoms with Crippen molar-refractivity contribution < 1.29 is 38.4 Å². The first-order valence-electron chi connectivity index (χ1n) is 14.7. The van der Waals surface area contributed by atoms with Crippen LogP contribution in [0, 0.1) is 34.3 Å². The Balaban J connectivity index is 1.99. The molecule has 2 aromatic rings. The fourth-order valence-electron chi connectivity index (χ4n) is 4.30. The van der Waals surface area contributed by atoms with E-state index in [2.05, 4.69) is 21.9 Å². The summed E-state index contributed by atoms with van der Waals surface area (Å²) in [6, 6.07) is 9.88. The van der Waals surface area contributed by atoms with Crippen LogP contribution in [0.25, 0.3) is 0 Å². The minimum Gasteiger partial charge on any atom is -0.429 e. The number of carbonyl (C=O) groups is 5. The summed E-state index contributed by atoms with van der Waals surface area (Å²) in [5.74, 6) is 0.553. The molecule has 2 rings (SSSR count). The van der Waals surface area contributed by atoms with Crippen LogP contribution >= 0.6 is 0 Å². The Bertz CT molecular complexity index is 1400. The second kappa shape index (κ2) is 19.0. The van der Waals surface area contributed by atoms with Gasteiger partial charge in [0, 0.05) is 49.5 Å². The lowest BCUT2D eigenvalue weighted by molar-refractivity contribution is -0.384. The number of ether oxygens (including phenoxy) is 2. The van der Waals surface area contributed by atoms with Crippen molar-refractivity contribution in [1.82, 2.24) is 10.6 Å². The lowest BCUT2D eigenvalue weighted by Gasteiger charge is -2.24. The van der Waals surface area contributed by atoms with Gasteiger partial charge < -0.3 is 31.2 Å². The van der Waals surface area contributed by atoms with Crippen LogP contribution in [-0.2, 0) is 25.7 Å². The van der Waals surface area contributed by atoms with Crippen molar-refractivity contribution in [2.24, 2.45) is 17.6 Å². The number of benzene rings is 2. The van der Waals surface area contributed by atoms with Gasteiger partial charge in [-0.15, -0.1) is 12.3 Å². The molecule has 0 bridgehead atoms. The number of nitro benzene ring substituents is 1. The number of ketones is 1. The topological polar surface area (TPSA) is 209 Å². The molecule has 14 heteroatoms. The summed E-state index contributed by atoms with van der Waals surface area (Å²) in [6.07, 6.45) is 5.87. The summed E-state index contributed by atoms with van der Waals surface area (Å²) in [7, 11) is 0. The van der Waals surface area contributed by atoms with Gasteiger partial charge in [0.15, 0.2) is 5.78 Å². The molecule has 0 aliphatic carbocycles. The third-order valence-corrected chi connectivity index (χ3v) is 6.73. The summed E-state index contributed by atoms with van der Waals surface area (Å²) in [5, 5.41) is 18.8. The van der Waals surface area contributed by atoms with Crippen LogP contribution in [0.1, 0.15) is 57.9 Å². The number of nitro groups is 1. The van der Waals surface area contributed by atoms with E-state index < -0.39 is 35.0 Å². The van der Waals surface area contributed by atoms with Gasteiger partial charge in [0.25, 0.3) is 5.69 Å². The Morgan fingerprint density at radius 1 is 1.02 bits per heavy atom. The number of nitrogens with one attached hydrogen (secondary N) is 3. The predicted molar refractivity (Wildman–Crippen MR) is 168 cm³/mol. The Morgan fingerprint density at radius 2 is 1.70 bits per heavy atom. The van der Waals surface area contributed by atoms with Gasteiger partial charge in [-0.2, -0.15) is 0 Å². The number of hydrogen-bond donors (Lipinski definition) is 4. The molecule has 46 heavy (non-hydrogen) atoms. The van der Waals surface area contributed by atoms with Crippen molar-refractivity contribution in [3.05, 3.63) is 64.2 Å². The summed E-state index contributed by atoms with van der Waals surface area (Å²) in [4.78, 5) is 72.2. The van der Waals surface area contributed by atoms with Crippen molar-refractivity contribution in [3.63, 3.8) is 0 Å². The van der Waals surface area contributed by atoms with Crippen LogP contribution in [-0.4, -0.2) is 47.3 Å². The van der Waals surface area contributed by atoms with E-state index in [1.807, 2.05) is 0 Å². The van der Waals surface area contributed by atoms with E-state index in [1.54, 1.807) is 38.1 Å². The zero-order valence-corrected chi connectivity index (χ0v) is 25.8. The molecule has 0 aromatic heterocycles. The quantitative estimate of drug-likeness (QED) is 0.0460. The zero-order valence-electron chi connectivity index (χ0n) is 25.8. The fourth-order valence-corrected chi connectivity index (χ4v) is 4.30. The number of Topliss-reactive ketones (excluding diaryl/α,β-unsaturated/α-hetero) is 1. The molecule has 14 nitrogen and oxygen atoms in total. The van der Waals surface area contributed by atoms with E-state index in [9.17, 15) is 34.1 Å². The zero-order chi connectivity index (χ0) is 34.1. The molecule has 4 amide bonds. The maximum absolute atomic E-state index is 13.3. The van der Waals surface area contributed by atoms with Crippen LogP contribution in [0.4, 0.5) is 21.0 Å². The molecule has 0 saturated carbocycles. The maximum Gasteiger partial charge on any atom is 0.514 e. The van der Waals surface area contributed by atoms with Crippen LogP contribution < -0.4 is 26.4 Å². The molecule has 0 fully saturated rings. The van der Waals surface area contributed by atoms with E-state index in [4.69, 9.17) is 21.6 Å². The Kier molecular flexibility index (Phi) is 15.2. The molecule has 5 N–H and O–H groups in total. The first-order chi connectivity index (χ1) is 21.9. The fraction of sp³-hybridized carbons (Fsp3) is 0.406. The van der Waals surface area contributed by atoms with Crippen LogP contribution in [0.15, 0.2) is 48.5 Å². The number of primary amides is 1. The number of hydrogen-bond acceptors (Lipinski definition) is 9. The van der Waals surface area contributed by atoms with Gasteiger partial charge in [0.1, 0.15) is 12.4 Å². The number of carbonyl (C=O) groups excluding carboxylic acids is 5. The van der Waals surface area contributed by atoms with E-state index >= 15 is 0 Å². The van der Waals surface area contributed by atoms with Crippen LogP contribution in [0.5, 0.6) is 5.75 Å². The number of anilines is 1.